The van der Waals surface area contributed by atoms with E-state index in [2.05, 4.69) is 29.3 Å². The van der Waals surface area contributed by atoms with Crippen LogP contribution in [-0.4, -0.2) is 20.2 Å². The molecule has 98 valence electrons. The molecular formula is C13H26N4. The first-order valence-electron chi connectivity index (χ1n) is 7.13. The zero-order valence-electron chi connectivity index (χ0n) is 11.4. The monoisotopic (exact) mass is 238 g/mol. The lowest BCUT2D eigenvalue weighted by Crippen LogP contribution is -2.03. The maximum atomic E-state index is 4.40. The number of unbranched alkanes of at least 4 members (excludes halogenated alkanes) is 6. The van der Waals surface area contributed by atoms with E-state index >= 15 is 0 Å². The van der Waals surface area contributed by atoms with Crippen LogP contribution in [0.2, 0.25) is 0 Å². The Morgan fingerprint density at radius 1 is 0.882 bits per heavy atom. The van der Waals surface area contributed by atoms with E-state index in [4.69, 9.17) is 0 Å². The first-order chi connectivity index (χ1) is 8.36. The molecule has 0 unspecified atom stereocenters. The molecule has 1 aromatic heterocycles. The van der Waals surface area contributed by atoms with E-state index in [1.807, 2.05) is 0 Å². The minimum Gasteiger partial charge on any atom is -0.164 e. The van der Waals surface area contributed by atoms with Crippen molar-refractivity contribution in [2.45, 2.75) is 78.2 Å². The summed E-state index contributed by atoms with van der Waals surface area (Å²) >= 11 is 0. The van der Waals surface area contributed by atoms with Crippen LogP contribution in [0.25, 0.3) is 0 Å². The highest BCUT2D eigenvalue weighted by atomic mass is 15.6. The van der Waals surface area contributed by atoms with Gasteiger partial charge in [0, 0.05) is 6.42 Å². The van der Waals surface area contributed by atoms with Crippen molar-refractivity contribution < 1.29 is 0 Å². The van der Waals surface area contributed by atoms with E-state index in [0.717, 1.165) is 18.8 Å². The quantitative estimate of drug-likeness (QED) is 0.587. The minimum absolute atomic E-state index is 0.914. The molecule has 0 saturated carbocycles. The molecule has 0 N–H and O–H groups in total. The van der Waals surface area contributed by atoms with Crippen LogP contribution in [-0.2, 0) is 13.0 Å². The van der Waals surface area contributed by atoms with Gasteiger partial charge in [0.1, 0.15) is 0 Å². The van der Waals surface area contributed by atoms with Gasteiger partial charge in [-0.25, -0.2) is 0 Å². The fraction of sp³-hybridized carbons (Fsp3) is 0.923. The highest BCUT2D eigenvalue weighted by Crippen LogP contribution is 2.04. The number of nitrogens with zero attached hydrogens (tertiary/aromatic N) is 4. The van der Waals surface area contributed by atoms with Crippen molar-refractivity contribution in [2.24, 2.45) is 0 Å². The summed E-state index contributed by atoms with van der Waals surface area (Å²) in [5, 5.41) is 12.6. The summed E-state index contributed by atoms with van der Waals surface area (Å²) < 4.78 is 0. The summed E-state index contributed by atoms with van der Waals surface area (Å²) in [6.07, 6.45) is 11.0. The second kappa shape index (κ2) is 9.14. The van der Waals surface area contributed by atoms with Crippen LogP contribution < -0.4 is 0 Å². The van der Waals surface area contributed by atoms with E-state index in [1.54, 1.807) is 4.80 Å². The molecule has 0 atom stereocenters. The minimum atomic E-state index is 0.914. The van der Waals surface area contributed by atoms with Gasteiger partial charge in [-0.15, -0.1) is 10.2 Å². The van der Waals surface area contributed by atoms with Gasteiger partial charge >= 0.3 is 0 Å². The third-order valence-corrected chi connectivity index (χ3v) is 2.96. The van der Waals surface area contributed by atoms with Crippen molar-refractivity contribution in [3.05, 3.63) is 5.82 Å². The number of aromatic nitrogens is 4. The average Bonchev–Trinajstić information content (AvgIpc) is 2.78. The molecule has 1 rings (SSSR count). The van der Waals surface area contributed by atoms with Gasteiger partial charge in [-0.05, 0) is 18.1 Å². The molecule has 1 heterocycles. The van der Waals surface area contributed by atoms with Crippen LogP contribution >= 0.6 is 0 Å². The van der Waals surface area contributed by atoms with Gasteiger partial charge in [-0.1, -0.05) is 52.4 Å². The number of rotatable bonds is 10. The lowest BCUT2D eigenvalue weighted by Gasteiger charge is -1.97. The van der Waals surface area contributed by atoms with Crippen LogP contribution in [0.5, 0.6) is 0 Å². The molecule has 0 fully saturated rings. The molecule has 0 aliphatic rings. The topological polar surface area (TPSA) is 43.6 Å². The summed E-state index contributed by atoms with van der Waals surface area (Å²) in [5.74, 6) is 0.914. The van der Waals surface area contributed by atoms with Gasteiger partial charge in [0.25, 0.3) is 0 Å². The van der Waals surface area contributed by atoms with Crippen molar-refractivity contribution in [1.82, 2.24) is 20.2 Å². The van der Waals surface area contributed by atoms with Crippen LogP contribution in [0, 0.1) is 0 Å². The number of tetrazole rings is 1. The highest BCUT2D eigenvalue weighted by molar-refractivity contribution is 4.76. The van der Waals surface area contributed by atoms with Crippen molar-refractivity contribution in [1.29, 1.82) is 0 Å². The molecule has 0 aliphatic heterocycles. The van der Waals surface area contributed by atoms with Crippen LogP contribution in [0.15, 0.2) is 0 Å². The largest absolute Gasteiger partial charge is 0.174 e. The smallest absolute Gasteiger partial charge is 0.164 e. The van der Waals surface area contributed by atoms with Crippen LogP contribution in [0.4, 0.5) is 0 Å². The Hall–Kier alpha value is -0.930. The van der Waals surface area contributed by atoms with Gasteiger partial charge in [0.2, 0.25) is 0 Å². The van der Waals surface area contributed by atoms with E-state index in [-0.39, 0.29) is 0 Å². The van der Waals surface area contributed by atoms with Gasteiger partial charge in [-0.3, -0.25) is 0 Å². The molecule has 0 bridgehead atoms. The zero-order chi connectivity index (χ0) is 12.3. The normalized spacial score (nSPS) is 10.9. The first kappa shape index (κ1) is 14.1. The molecule has 0 aromatic carbocycles. The highest BCUT2D eigenvalue weighted by Gasteiger charge is 2.02. The molecular weight excluding hydrogens is 212 g/mol. The Bertz CT molecular complexity index is 256. The van der Waals surface area contributed by atoms with Gasteiger partial charge in [0.05, 0.1) is 6.54 Å². The summed E-state index contributed by atoms with van der Waals surface area (Å²) in [6.45, 7) is 5.37. The second-order valence-corrected chi connectivity index (χ2v) is 4.67. The van der Waals surface area contributed by atoms with E-state index in [9.17, 15) is 0 Å². The van der Waals surface area contributed by atoms with Gasteiger partial charge in [0.15, 0.2) is 5.82 Å². The molecule has 0 saturated heterocycles. The average molecular weight is 238 g/mol. The maximum absolute atomic E-state index is 4.40. The predicted molar refractivity (Wildman–Crippen MR) is 69.8 cm³/mol. The fourth-order valence-corrected chi connectivity index (χ4v) is 1.86. The molecule has 1 aromatic rings. The Labute approximate surface area is 105 Å². The number of hydrogen-bond donors (Lipinski definition) is 0. The summed E-state index contributed by atoms with van der Waals surface area (Å²) in [5.41, 5.74) is 0. The zero-order valence-corrected chi connectivity index (χ0v) is 11.4. The Morgan fingerprint density at radius 3 is 2.29 bits per heavy atom. The molecule has 0 spiro atoms. The lowest BCUT2D eigenvalue weighted by molar-refractivity contribution is 0.478. The second-order valence-electron chi connectivity index (χ2n) is 4.67. The standard InChI is InChI=1S/C13H26N4/c1-3-5-7-9-11-13-14-16-17(15-13)12-10-8-6-4-2/h3-12H2,1-2H3. The van der Waals surface area contributed by atoms with E-state index < -0.39 is 0 Å². The van der Waals surface area contributed by atoms with Gasteiger partial charge in [-0.2, -0.15) is 4.80 Å². The summed E-state index contributed by atoms with van der Waals surface area (Å²) in [7, 11) is 0. The molecule has 4 heteroatoms. The van der Waals surface area contributed by atoms with Crippen molar-refractivity contribution in [3.8, 4) is 0 Å². The first-order valence-corrected chi connectivity index (χ1v) is 7.13. The van der Waals surface area contributed by atoms with E-state index in [1.165, 1.54) is 51.4 Å². The molecule has 0 radical (unpaired) electrons. The number of aryl methyl sites for hydroxylation is 2. The van der Waals surface area contributed by atoms with Crippen LogP contribution in [0.1, 0.15) is 71.0 Å². The predicted octanol–water partition coefficient (Wildman–Crippen LogP) is 3.38. The Morgan fingerprint density at radius 2 is 1.59 bits per heavy atom. The summed E-state index contributed by atoms with van der Waals surface area (Å²) in [4.78, 5) is 1.75. The lowest BCUT2D eigenvalue weighted by atomic mass is 10.1. The third-order valence-electron chi connectivity index (χ3n) is 2.96. The Kier molecular flexibility index (Phi) is 7.60. The van der Waals surface area contributed by atoms with Crippen molar-refractivity contribution in [2.75, 3.05) is 0 Å². The van der Waals surface area contributed by atoms with Crippen molar-refractivity contribution >= 4 is 0 Å². The molecule has 17 heavy (non-hydrogen) atoms. The fourth-order valence-electron chi connectivity index (χ4n) is 1.86. The molecule has 0 aliphatic carbocycles. The molecule has 4 nitrogen and oxygen atoms in total. The van der Waals surface area contributed by atoms with Crippen molar-refractivity contribution in [3.63, 3.8) is 0 Å². The number of hydrogen-bond acceptors (Lipinski definition) is 3. The maximum Gasteiger partial charge on any atom is 0.174 e. The SMILES string of the molecule is CCCCCCc1nnn(CCCCCC)n1. The van der Waals surface area contributed by atoms with E-state index in [0.29, 0.717) is 0 Å². The Balaban J connectivity index is 2.14. The third kappa shape index (κ3) is 6.39. The molecule has 0 amide bonds. The van der Waals surface area contributed by atoms with Crippen LogP contribution in [0.3, 0.4) is 0 Å². The summed E-state index contributed by atoms with van der Waals surface area (Å²) in [6, 6.07) is 0. The van der Waals surface area contributed by atoms with Gasteiger partial charge < -0.3 is 0 Å².